The molecule has 0 spiro atoms. The Bertz CT molecular complexity index is 160. The van der Waals surface area contributed by atoms with Crippen molar-refractivity contribution in [3.05, 3.63) is 0 Å². The highest BCUT2D eigenvalue weighted by atomic mass is 16.5. The molecule has 3 nitrogen and oxygen atoms in total. The zero-order valence-electron chi connectivity index (χ0n) is 10.4. The second-order valence-corrected chi connectivity index (χ2v) is 4.08. The second-order valence-electron chi connectivity index (χ2n) is 4.08. The molecule has 0 N–H and O–H groups in total. The smallest absolute Gasteiger partial charge is 0.319 e. The minimum atomic E-state index is -0.150. The molecule has 0 heterocycles. The molecule has 0 rings (SSSR count). The molecule has 0 aliphatic heterocycles. The van der Waals surface area contributed by atoms with Gasteiger partial charge in [-0.2, -0.15) is 0 Å². The van der Waals surface area contributed by atoms with Crippen LogP contribution in [0.2, 0.25) is 0 Å². The molecule has 0 radical (unpaired) electrons. The van der Waals surface area contributed by atoms with E-state index in [1.54, 1.807) is 0 Å². The van der Waals surface area contributed by atoms with Gasteiger partial charge in [-0.25, -0.2) is 0 Å². The number of ether oxygens (including phenoxy) is 1. The van der Waals surface area contributed by atoms with Gasteiger partial charge in [0.15, 0.2) is 0 Å². The fourth-order valence-corrected chi connectivity index (χ4v) is 1.53. The van der Waals surface area contributed by atoms with E-state index in [4.69, 9.17) is 0 Å². The summed E-state index contributed by atoms with van der Waals surface area (Å²) in [6.07, 6.45) is 7.75. The van der Waals surface area contributed by atoms with Gasteiger partial charge in [-0.15, -0.1) is 0 Å². The highest BCUT2D eigenvalue weighted by molar-refractivity contribution is 5.71. The molecule has 0 atom stereocenters. The van der Waals surface area contributed by atoms with E-state index in [2.05, 4.69) is 11.7 Å². The van der Waals surface area contributed by atoms with Crippen LogP contribution in [0.25, 0.3) is 0 Å². The Morgan fingerprint density at radius 2 is 1.73 bits per heavy atom. The average Bonchev–Trinajstić information content (AvgIpc) is 2.23. The first kappa shape index (κ1) is 14.4. The highest BCUT2D eigenvalue weighted by Gasteiger charge is 2.04. The van der Waals surface area contributed by atoms with Crippen LogP contribution >= 0.6 is 0 Å². The molecule has 0 unspecified atom stereocenters. The SMILES string of the molecule is CCCCCCCCN(C)CC(=O)OC. The molecule has 0 aliphatic carbocycles. The van der Waals surface area contributed by atoms with Crippen molar-refractivity contribution < 1.29 is 9.53 Å². The Morgan fingerprint density at radius 1 is 1.13 bits per heavy atom. The van der Waals surface area contributed by atoms with Crippen molar-refractivity contribution in [2.45, 2.75) is 45.4 Å². The molecule has 0 amide bonds. The Labute approximate surface area is 93.8 Å². The molecule has 90 valence electrons. The fraction of sp³-hybridized carbons (Fsp3) is 0.917. The number of rotatable bonds is 9. The zero-order valence-corrected chi connectivity index (χ0v) is 10.4. The largest absolute Gasteiger partial charge is 0.468 e. The molecule has 0 aliphatic rings. The molecule has 0 aromatic heterocycles. The van der Waals surface area contributed by atoms with Gasteiger partial charge in [0, 0.05) is 0 Å². The van der Waals surface area contributed by atoms with Crippen LogP contribution in [0, 0.1) is 0 Å². The van der Waals surface area contributed by atoms with Crippen LogP contribution in [0.5, 0.6) is 0 Å². The first-order chi connectivity index (χ1) is 7.20. The molecule has 0 aromatic carbocycles. The first-order valence-electron chi connectivity index (χ1n) is 5.96. The van der Waals surface area contributed by atoms with Crippen LogP contribution in [-0.4, -0.2) is 38.1 Å². The minimum absolute atomic E-state index is 0.150. The van der Waals surface area contributed by atoms with E-state index in [0.717, 1.165) is 6.54 Å². The van der Waals surface area contributed by atoms with Crippen molar-refractivity contribution >= 4 is 5.97 Å². The number of unbranched alkanes of at least 4 members (excludes halogenated alkanes) is 5. The third kappa shape index (κ3) is 9.73. The van der Waals surface area contributed by atoms with Gasteiger partial charge in [0.05, 0.1) is 13.7 Å². The van der Waals surface area contributed by atoms with Gasteiger partial charge >= 0.3 is 5.97 Å². The molecule has 3 heteroatoms. The summed E-state index contributed by atoms with van der Waals surface area (Å²) in [5.74, 6) is -0.150. The maximum absolute atomic E-state index is 10.9. The van der Waals surface area contributed by atoms with Crippen molar-refractivity contribution in [3.63, 3.8) is 0 Å². The molecular weight excluding hydrogens is 190 g/mol. The molecule has 15 heavy (non-hydrogen) atoms. The summed E-state index contributed by atoms with van der Waals surface area (Å²) in [6, 6.07) is 0. The van der Waals surface area contributed by atoms with Crippen LogP contribution in [0.1, 0.15) is 45.4 Å². The summed E-state index contributed by atoms with van der Waals surface area (Å²) < 4.78 is 4.60. The Balaban J connectivity index is 3.23. The van der Waals surface area contributed by atoms with E-state index in [-0.39, 0.29) is 5.97 Å². The summed E-state index contributed by atoms with van der Waals surface area (Å²) in [7, 11) is 3.39. The van der Waals surface area contributed by atoms with Gasteiger partial charge < -0.3 is 4.74 Å². The molecule has 0 saturated carbocycles. The average molecular weight is 215 g/mol. The summed E-state index contributed by atoms with van der Waals surface area (Å²) in [5, 5.41) is 0. The molecule has 0 saturated heterocycles. The second kappa shape index (κ2) is 9.97. The summed E-state index contributed by atoms with van der Waals surface area (Å²) in [5.41, 5.74) is 0. The Morgan fingerprint density at radius 3 is 2.33 bits per heavy atom. The van der Waals surface area contributed by atoms with Crippen molar-refractivity contribution in [3.8, 4) is 0 Å². The Hall–Kier alpha value is -0.570. The monoisotopic (exact) mass is 215 g/mol. The van der Waals surface area contributed by atoms with E-state index in [1.807, 2.05) is 11.9 Å². The van der Waals surface area contributed by atoms with Crippen LogP contribution in [-0.2, 0) is 9.53 Å². The summed E-state index contributed by atoms with van der Waals surface area (Å²) in [4.78, 5) is 13.0. The standard InChI is InChI=1S/C12H25NO2/c1-4-5-6-7-8-9-10-13(2)11-12(14)15-3/h4-11H2,1-3H3. The number of esters is 1. The fourth-order valence-electron chi connectivity index (χ4n) is 1.53. The number of methoxy groups -OCH3 is 1. The topological polar surface area (TPSA) is 29.5 Å². The maximum Gasteiger partial charge on any atom is 0.319 e. The highest BCUT2D eigenvalue weighted by Crippen LogP contribution is 2.05. The normalized spacial score (nSPS) is 10.7. The van der Waals surface area contributed by atoms with Crippen molar-refractivity contribution in [1.82, 2.24) is 4.90 Å². The van der Waals surface area contributed by atoms with E-state index < -0.39 is 0 Å². The van der Waals surface area contributed by atoms with Gasteiger partial charge in [0.1, 0.15) is 0 Å². The molecule has 0 bridgehead atoms. The van der Waals surface area contributed by atoms with Crippen LogP contribution in [0.15, 0.2) is 0 Å². The number of nitrogens with zero attached hydrogens (tertiary/aromatic N) is 1. The number of hydrogen-bond donors (Lipinski definition) is 0. The quantitative estimate of drug-likeness (QED) is 0.437. The van der Waals surface area contributed by atoms with Crippen molar-refractivity contribution in [2.24, 2.45) is 0 Å². The number of carbonyl (C=O) groups excluding carboxylic acids is 1. The Kier molecular flexibility index (Phi) is 9.59. The number of carbonyl (C=O) groups is 1. The van der Waals surface area contributed by atoms with Crippen molar-refractivity contribution in [1.29, 1.82) is 0 Å². The third-order valence-corrected chi connectivity index (χ3v) is 2.52. The van der Waals surface area contributed by atoms with Gasteiger partial charge in [0.2, 0.25) is 0 Å². The molecule has 0 fully saturated rings. The van der Waals surface area contributed by atoms with Gasteiger partial charge in [-0.1, -0.05) is 39.0 Å². The molecular formula is C12H25NO2. The number of likely N-dealkylation sites (N-methyl/N-ethyl adjacent to an activating group) is 1. The maximum atomic E-state index is 10.9. The van der Waals surface area contributed by atoms with Gasteiger partial charge in [-0.05, 0) is 20.0 Å². The van der Waals surface area contributed by atoms with Crippen LogP contribution in [0.4, 0.5) is 0 Å². The zero-order chi connectivity index (χ0) is 11.5. The van der Waals surface area contributed by atoms with E-state index in [9.17, 15) is 4.79 Å². The lowest BCUT2D eigenvalue weighted by molar-refractivity contribution is -0.141. The van der Waals surface area contributed by atoms with Crippen molar-refractivity contribution in [2.75, 3.05) is 27.2 Å². The predicted molar refractivity (Wildman–Crippen MR) is 62.9 cm³/mol. The van der Waals surface area contributed by atoms with E-state index in [1.165, 1.54) is 45.6 Å². The lowest BCUT2D eigenvalue weighted by Crippen LogP contribution is -2.27. The van der Waals surface area contributed by atoms with Gasteiger partial charge in [0.25, 0.3) is 0 Å². The van der Waals surface area contributed by atoms with Crippen LogP contribution in [0.3, 0.4) is 0 Å². The van der Waals surface area contributed by atoms with E-state index >= 15 is 0 Å². The summed E-state index contributed by atoms with van der Waals surface area (Å²) in [6.45, 7) is 3.62. The third-order valence-electron chi connectivity index (χ3n) is 2.52. The van der Waals surface area contributed by atoms with Gasteiger partial charge in [-0.3, -0.25) is 9.69 Å². The lowest BCUT2D eigenvalue weighted by atomic mass is 10.1. The molecule has 0 aromatic rings. The van der Waals surface area contributed by atoms with E-state index in [0.29, 0.717) is 6.54 Å². The predicted octanol–water partition coefficient (Wildman–Crippen LogP) is 2.45. The lowest BCUT2D eigenvalue weighted by Gasteiger charge is -2.14. The first-order valence-corrected chi connectivity index (χ1v) is 5.96. The summed E-state index contributed by atoms with van der Waals surface area (Å²) >= 11 is 0. The van der Waals surface area contributed by atoms with Crippen LogP contribution < -0.4 is 0 Å². The minimum Gasteiger partial charge on any atom is -0.468 e. The number of hydrogen-bond acceptors (Lipinski definition) is 3.